The fourth-order valence-electron chi connectivity index (χ4n) is 2.83. The SMILES string of the molecule is C=CCCCC/C=C\CCCCCCCC1=CCCC(O)=C1. The molecule has 1 N–H and O–H groups in total. The molecule has 1 nitrogen and oxygen atoms in total. The van der Waals surface area contributed by atoms with Gasteiger partial charge in [-0.3, -0.25) is 0 Å². The summed E-state index contributed by atoms with van der Waals surface area (Å²) < 4.78 is 0. The fraction of sp³-hybridized carbons (Fsp3) is 0.619. The Morgan fingerprint density at radius 1 is 0.909 bits per heavy atom. The molecule has 0 atom stereocenters. The van der Waals surface area contributed by atoms with Gasteiger partial charge in [-0.1, -0.05) is 43.6 Å². The number of hydrogen-bond donors (Lipinski definition) is 1. The maximum atomic E-state index is 9.49. The van der Waals surface area contributed by atoms with Gasteiger partial charge in [0, 0.05) is 6.42 Å². The number of rotatable bonds is 13. The van der Waals surface area contributed by atoms with Gasteiger partial charge >= 0.3 is 0 Å². The monoisotopic (exact) mass is 302 g/mol. The zero-order chi connectivity index (χ0) is 15.9. The summed E-state index contributed by atoms with van der Waals surface area (Å²) in [5.41, 5.74) is 1.34. The predicted octanol–water partition coefficient (Wildman–Crippen LogP) is 7.18. The Morgan fingerprint density at radius 2 is 1.55 bits per heavy atom. The number of hydrogen-bond acceptors (Lipinski definition) is 1. The van der Waals surface area contributed by atoms with E-state index in [1.807, 2.05) is 12.2 Å². The molecule has 1 aliphatic rings. The first-order valence-electron chi connectivity index (χ1n) is 9.17. The molecule has 0 aliphatic heterocycles. The van der Waals surface area contributed by atoms with Gasteiger partial charge in [-0.25, -0.2) is 0 Å². The summed E-state index contributed by atoms with van der Waals surface area (Å²) in [6, 6.07) is 0. The van der Waals surface area contributed by atoms with E-state index in [9.17, 15) is 5.11 Å². The van der Waals surface area contributed by atoms with Crippen LogP contribution in [-0.4, -0.2) is 5.11 Å². The topological polar surface area (TPSA) is 20.2 Å². The summed E-state index contributed by atoms with van der Waals surface area (Å²) in [5.74, 6) is 0.564. The molecule has 0 heterocycles. The van der Waals surface area contributed by atoms with E-state index in [-0.39, 0.29) is 0 Å². The highest BCUT2D eigenvalue weighted by molar-refractivity contribution is 5.24. The van der Waals surface area contributed by atoms with Gasteiger partial charge in [0.05, 0.1) is 5.76 Å². The van der Waals surface area contributed by atoms with Crippen molar-refractivity contribution in [3.05, 3.63) is 48.3 Å². The van der Waals surface area contributed by atoms with Crippen LogP contribution >= 0.6 is 0 Å². The number of allylic oxidation sites excluding steroid dienone is 7. The molecule has 0 aromatic carbocycles. The molecule has 0 aromatic heterocycles. The number of unbranched alkanes of at least 4 members (excludes halogenated alkanes) is 8. The zero-order valence-electron chi connectivity index (χ0n) is 14.2. The van der Waals surface area contributed by atoms with Gasteiger partial charge in [0.1, 0.15) is 0 Å². The number of aliphatic hydroxyl groups is 1. The van der Waals surface area contributed by atoms with E-state index in [1.54, 1.807) is 0 Å². The van der Waals surface area contributed by atoms with Gasteiger partial charge in [0.15, 0.2) is 0 Å². The van der Waals surface area contributed by atoms with Crippen LogP contribution in [0.4, 0.5) is 0 Å². The van der Waals surface area contributed by atoms with Crippen molar-refractivity contribution in [3.8, 4) is 0 Å². The van der Waals surface area contributed by atoms with Gasteiger partial charge in [-0.2, -0.15) is 0 Å². The van der Waals surface area contributed by atoms with E-state index in [1.165, 1.54) is 63.4 Å². The Morgan fingerprint density at radius 3 is 2.27 bits per heavy atom. The second-order valence-corrected chi connectivity index (χ2v) is 6.30. The fourth-order valence-corrected chi connectivity index (χ4v) is 2.83. The second-order valence-electron chi connectivity index (χ2n) is 6.30. The van der Waals surface area contributed by atoms with Crippen molar-refractivity contribution in [1.29, 1.82) is 0 Å². The Bertz CT molecular complexity index is 373. The molecule has 0 unspecified atom stereocenters. The highest BCUT2D eigenvalue weighted by Crippen LogP contribution is 2.20. The Balaban J connectivity index is 1.84. The third kappa shape index (κ3) is 10.5. The molecule has 0 spiro atoms. The van der Waals surface area contributed by atoms with E-state index < -0.39 is 0 Å². The molecule has 0 saturated heterocycles. The van der Waals surface area contributed by atoms with Crippen molar-refractivity contribution in [1.82, 2.24) is 0 Å². The molecular formula is C21H34O. The minimum Gasteiger partial charge on any atom is -0.512 e. The smallest absolute Gasteiger partial charge is 0.0928 e. The Labute approximate surface area is 137 Å². The van der Waals surface area contributed by atoms with Crippen molar-refractivity contribution in [3.63, 3.8) is 0 Å². The molecule has 124 valence electrons. The van der Waals surface area contributed by atoms with Gasteiger partial charge in [0.2, 0.25) is 0 Å². The van der Waals surface area contributed by atoms with Crippen molar-refractivity contribution in [2.24, 2.45) is 0 Å². The Hall–Kier alpha value is -1.24. The molecule has 0 radical (unpaired) electrons. The van der Waals surface area contributed by atoms with Crippen LogP contribution in [-0.2, 0) is 0 Å². The third-order valence-corrected chi connectivity index (χ3v) is 4.19. The lowest BCUT2D eigenvalue weighted by atomic mass is 9.99. The van der Waals surface area contributed by atoms with Crippen LogP contribution in [0.5, 0.6) is 0 Å². The van der Waals surface area contributed by atoms with Crippen LogP contribution in [0.2, 0.25) is 0 Å². The molecular weight excluding hydrogens is 268 g/mol. The van der Waals surface area contributed by atoms with Gasteiger partial charge in [0.25, 0.3) is 0 Å². The molecule has 1 heteroatoms. The predicted molar refractivity (Wildman–Crippen MR) is 98.2 cm³/mol. The van der Waals surface area contributed by atoms with Crippen LogP contribution in [0, 0.1) is 0 Å². The van der Waals surface area contributed by atoms with Crippen molar-refractivity contribution in [2.75, 3.05) is 0 Å². The largest absolute Gasteiger partial charge is 0.512 e. The molecule has 0 bridgehead atoms. The lowest BCUT2D eigenvalue weighted by molar-refractivity contribution is 0.385. The first-order chi connectivity index (χ1) is 10.8. The van der Waals surface area contributed by atoms with Crippen LogP contribution in [0.25, 0.3) is 0 Å². The minimum atomic E-state index is 0.564. The van der Waals surface area contributed by atoms with Gasteiger partial charge < -0.3 is 5.11 Å². The summed E-state index contributed by atoms with van der Waals surface area (Å²) in [4.78, 5) is 0. The van der Waals surface area contributed by atoms with E-state index in [0.717, 1.165) is 25.7 Å². The second kappa shape index (κ2) is 13.4. The quantitative estimate of drug-likeness (QED) is 0.282. The molecule has 0 amide bonds. The average molecular weight is 303 g/mol. The van der Waals surface area contributed by atoms with Crippen molar-refractivity contribution in [2.45, 2.75) is 83.5 Å². The summed E-state index contributed by atoms with van der Waals surface area (Å²) in [7, 11) is 0. The van der Waals surface area contributed by atoms with Crippen LogP contribution in [0.1, 0.15) is 83.5 Å². The maximum Gasteiger partial charge on any atom is 0.0928 e. The standard InChI is InChI=1S/C21H34O/c1-2-3-4-5-6-7-8-9-10-11-12-13-14-16-20-17-15-18-21(22)19-20/h2,7-8,17,19,22H,1,3-6,9-16,18H2/b8-7-. The maximum absolute atomic E-state index is 9.49. The lowest BCUT2D eigenvalue weighted by Gasteiger charge is -2.09. The molecule has 0 fully saturated rings. The lowest BCUT2D eigenvalue weighted by Crippen LogP contribution is -1.92. The van der Waals surface area contributed by atoms with E-state index in [2.05, 4.69) is 24.8 Å². The van der Waals surface area contributed by atoms with Gasteiger partial charge in [-0.15, -0.1) is 6.58 Å². The van der Waals surface area contributed by atoms with Crippen LogP contribution < -0.4 is 0 Å². The summed E-state index contributed by atoms with van der Waals surface area (Å²) >= 11 is 0. The summed E-state index contributed by atoms with van der Waals surface area (Å²) in [6.07, 6.45) is 26.7. The molecule has 22 heavy (non-hydrogen) atoms. The van der Waals surface area contributed by atoms with Crippen LogP contribution in [0.3, 0.4) is 0 Å². The van der Waals surface area contributed by atoms with E-state index in [0.29, 0.717) is 5.76 Å². The Kier molecular flexibility index (Phi) is 11.5. The minimum absolute atomic E-state index is 0.564. The molecule has 0 saturated carbocycles. The molecule has 0 aromatic rings. The zero-order valence-corrected chi connectivity index (χ0v) is 14.2. The van der Waals surface area contributed by atoms with E-state index >= 15 is 0 Å². The normalized spacial score (nSPS) is 14.9. The third-order valence-electron chi connectivity index (χ3n) is 4.19. The first kappa shape index (κ1) is 18.8. The number of aliphatic hydroxyl groups excluding tert-OH is 1. The average Bonchev–Trinajstić information content (AvgIpc) is 2.52. The summed E-state index contributed by atoms with van der Waals surface area (Å²) in [6.45, 7) is 3.74. The van der Waals surface area contributed by atoms with Crippen molar-refractivity contribution < 1.29 is 5.11 Å². The highest BCUT2D eigenvalue weighted by Gasteiger charge is 2.03. The summed E-state index contributed by atoms with van der Waals surface area (Å²) in [5, 5.41) is 9.49. The highest BCUT2D eigenvalue weighted by atomic mass is 16.3. The first-order valence-corrected chi connectivity index (χ1v) is 9.17. The molecule has 1 rings (SSSR count). The van der Waals surface area contributed by atoms with Crippen LogP contribution in [0.15, 0.2) is 48.3 Å². The molecule has 1 aliphatic carbocycles. The van der Waals surface area contributed by atoms with Gasteiger partial charge in [-0.05, 0) is 69.4 Å². The van der Waals surface area contributed by atoms with Crippen molar-refractivity contribution >= 4 is 0 Å². The van der Waals surface area contributed by atoms with E-state index in [4.69, 9.17) is 0 Å².